The highest BCUT2D eigenvalue weighted by Crippen LogP contribution is 2.28. The molecule has 0 bridgehead atoms. The van der Waals surface area contributed by atoms with Gasteiger partial charge in [0.15, 0.2) is 5.75 Å². The molecule has 0 aliphatic heterocycles. The van der Waals surface area contributed by atoms with Gasteiger partial charge in [-0.05, 0) is 36.8 Å². The zero-order chi connectivity index (χ0) is 13.2. The Morgan fingerprint density at radius 2 is 1.84 bits per heavy atom. The fourth-order valence-corrected chi connectivity index (χ4v) is 1.95. The normalized spacial score (nSPS) is 10.6. The van der Waals surface area contributed by atoms with E-state index < -0.39 is 0 Å². The molecule has 0 saturated heterocycles. The highest BCUT2D eigenvalue weighted by molar-refractivity contribution is 5.78. The van der Waals surface area contributed by atoms with Gasteiger partial charge in [-0.25, -0.2) is 4.98 Å². The van der Waals surface area contributed by atoms with Gasteiger partial charge in [0.2, 0.25) is 5.88 Å². The molecule has 1 aromatic heterocycles. The second-order valence-corrected chi connectivity index (χ2v) is 4.49. The molecule has 3 nitrogen and oxygen atoms in total. The Hall–Kier alpha value is -2.55. The summed E-state index contributed by atoms with van der Waals surface area (Å²) in [5.74, 6) is 1.19. The van der Waals surface area contributed by atoms with Gasteiger partial charge < -0.3 is 10.5 Å². The smallest absolute Gasteiger partial charge is 0.219 e. The largest absolute Gasteiger partial charge is 0.437 e. The van der Waals surface area contributed by atoms with Crippen LogP contribution in [0.1, 0.15) is 5.56 Å². The number of aryl methyl sites for hydroxylation is 1. The van der Waals surface area contributed by atoms with Crippen LogP contribution < -0.4 is 10.5 Å². The van der Waals surface area contributed by atoms with E-state index in [2.05, 4.69) is 4.98 Å². The fraction of sp³-hybridized carbons (Fsp3) is 0.0625. The summed E-state index contributed by atoms with van der Waals surface area (Å²) < 4.78 is 5.76. The molecular formula is C16H14N2O. The summed E-state index contributed by atoms with van der Waals surface area (Å²) in [5, 5.41) is 1.09. The zero-order valence-electron chi connectivity index (χ0n) is 10.6. The maximum absolute atomic E-state index is 5.90. The van der Waals surface area contributed by atoms with Crippen LogP contribution in [-0.2, 0) is 0 Å². The van der Waals surface area contributed by atoms with E-state index in [0.29, 0.717) is 17.3 Å². The molecule has 0 atom stereocenters. The number of fused-ring (bicyclic) bond motifs is 1. The molecule has 0 aliphatic carbocycles. The molecule has 0 spiro atoms. The summed E-state index contributed by atoms with van der Waals surface area (Å²) in [6, 6.07) is 17.5. The average Bonchev–Trinajstić information content (AvgIpc) is 2.43. The predicted octanol–water partition coefficient (Wildman–Crippen LogP) is 3.92. The Labute approximate surface area is 111 Å². The number of hydrogen-bond acceptors (Lipinski definition) is 3. The number of benzene rings is 2. The van der Waals surface area contributed by atoms with Gasteiger partial charge in [0.05, 0.1) is 11.2 Å². The number of ether oxygens (including phenoxy) is 1. The molecule has 0 radical (unpaired) electrons. The molecular weight excluding hydrogens is 236 g/mol. The Kier molecular flexibility index (Phi) is 2.80. The average molecular weight is 250 g/mol. The van der Waals surface area contributed by atoms with Crippen molar-refractivity contribution in [3.05, 3.63) is 60.2 Å². The Balaban J connectivity index is 1.98. The monoisotopic (exact) mass is 250 g/mol. The van der Waals surface area contributed by atoms with Gasteiger partial charge in [0, 0.05) is 11.5 Å². The number of para-hydroxylation sites is 1. The molecule has 3 rings (SSSR count). The van der Waals surface area contributed by atoms with Gasteiger partial charge in [-0.2, -0.15) is 0 Å². The van der Waals surface area contributed by atoms with E-state index in [0.717, 1.165) is 16.5 Å². The van der Waals surface area contributed by atoms with Gasteiger partial charge in [-0.3, -0.25) is 0 Å². The van der Waals surface area contributed by atoms with E-state index in [1.807, 2.05) is 61.5 Å². The highest BCUT2D eigenvalue weighted by Gasteiger charge is 2.04. The van der Waals surface area contributed by atoms with Crippen LogP contribution in [0.5, 0.6) is 11.6 Å². The first kappa shape index (κ1) is 11.5. The molecule has 0 amide bonds. The Bertz CT molecular complexity index is 738. The van der Waals surface area contributed by atoms with E-state index in [1.54, 1.807) is 0 Å². The molecule has 1 heterocycles. The molecule has 19 heavy (non-hydrogen) atoms. The van der Waals surface area contributed by atoms with Gasteiger partial charge in [0.25, 0.3) is 0 Å². The van der Waals surface area contributed by atoms with E-state index in [1.165, 1.54) is 0 Å². The molecule has 0 unspecified atom stereocenters. The number of rotatable bonds is 2. The maximum atomic E-state index is 5.90. The number of nitrogen functional groups attached to an aromatic ring is 1. The lowest BCUT2D eigenvalue weighted by molar-refractivity contribution is 0.467. The van der Waals surface area contributed by atoms with Crippen molar-refractivity contribution in [1.82, 2.24) is 4.98 Å². The van der Waals surface area contributed by atoms with Crippen LogP contribution in [-0.4, -0.2) is 4.98 Å². The predicted molar refractivity (Wildman–Crippen MR) is 77.4 cm³/mol. The number of nitrogens with zero attached hydrogens (tertiary/aromatic N) is 1. The molecule has 0 aliphatic rings. The molecule has 2 aromatic carbocycles. The van der Waals surface area contributed by atoms with Crippen LogP contribution in [0.25, 0.3) is 10.9 Å². The van der Waals surface area contributed by atoms with Crippen LogP contribution in [0.15, 0.2) is 54.6 Å². The second kappa shape index (κ2) is 4.61. The fourth-order valence-electron chi connectivity index (χ4n) is 1.95. The number of pyridine rings is 1. The lowest BCUT2D eigenvalue weighted by Gasteiger charge is -2.09. The van der Waals surface area contributed by atoms with Crippen molar-refractivity contribution in [2.24, 2.45) is 0 Å². The molecule has 94 valence electrons. The van der Waals surface area contributed by atoms with Crippen molar-refractivity contribution in [3.8, 4) is 11.6 Å². The highest BCUT2D eigenvalue weighted by atomic mass is 16.5. The third kappa shape index (κ3) is 2.36. The minimum absolute atomic E-state index is 0.552. The third-order valence-corrected chi connectivity index (χ3v) is 2.96. The summed E-state index contributed by atoms with van der Waals surface area (Å²) >= 11 is 0. The van der Waals surface area contributed by atoms with Gasteiger partial charge in [-0.1, -0.05) is 24.3 Å². The molecule has 2 N–H and O–H groups in total. The first-order valence-electron chi connectivity index (χ1n) is 6.12. The topological polar surface area (TPSA) is 48.1 Å². The van der Waals surface area contributed by atoms with Crippen LogP contribution in [0.2, 0.25) is 0 Å². The van der Waals surface area contributed by atoms with E-state index >= 15 is 0 Å². The summed E-state index contributed by atoms with van der Waals surface area (Å²) in [6.07, 6.45) is 0. The summed E-state index contributed by atoms with van der Waals surface area (Å²) in [4.78, 5) is 4.46. The van der Waals surface area contributed by atoms with Crippen molar-refractivity contribution < 1.29 is 4.74 Å². The first-order valence-corrected chi connectivity index (χ1v) is 6.12. The minimum atomic E-state index is 0.552. The van der Waals surface area contributed by atoms with Crippen LogP contribution in [0.4, 0.5) is 5.69 Å². The van der Waals surface area contributed by atoms with E-state index in [-0.39, 0.29) is 0 Å². The van der Waals surface area contributed by atoms with Crippen LogP contribution in [0.3, 0.4) is 0 Å². The van der Waals surface area contributed by atoms with Crippen molar-refractivity contribution in [1.29, 1.82) is 0 Å². The summed E-state index contributed by atoms with van der Waals surface area (Å²) in [6.45, 7) is 2.00. The molecule has 0 saturated carbocycles. The number of aromatic nitrogens is 1. The van der Waals surface area contributed by atoms with Gasteiger partial charge in [0.1, 0.15) is 0 Å². The van der Waals surface area contributed by atoms with Gasteiger partial charge >= 0.3 is 0 Å². The van der Waals surface area contributed by atoms with Crippen molar-refractivity contribution >= 4 is 16.6 Å². The molecule has 3 aromatic rings. The van der Waals surface area contributed by atoms with Crippen molar-refractivity contribution in [2.75, 3.05) is 5.73 Å². The van der Waals surface area contributed by atoms with Gasteiger partial charge in [-0.15, -0.1) is 0 Å². The summed E-state index contributed by atoms with van der Waals surface area (Å²) in [5.41, 5.74) is 8.52. The third-order valence-electron chi connectivity index (χ3n) is 2.96. The minimum Gasteiger partial charge on any atom is -0.437 e. The quantitative estimate of drug-likeness (QED) is 0.701. The van der Waals surface area contributed by atoms with Crippen LogP contribution >= 0.6 is 0 Å². The Morgan fingerprint density at radius 1 is 1.00 bits per heavy atom. The number of nitrogens with two attached hydrogens (primary N) is 1. The lowest BCUT2D eigenvalue weighted by Crippen LogP contribution is -1.94. The van der Waals surface area contributed by atoms with E-state index in [9.17, 15) is 0 Å². The van der Waals surface area contributed by atoms with Crippen LogP contribution in [0, 0.1) is 6.92 Å². The van der Waals surface area contributed by atoms with Crippen molar-refractivity contribution in [3.63, 3.8) is 0 Å². The van der Waals surface area contributed by atoms with Crippen molar-refractivity contribution in [2.45, 2.75) is 6.92 Å². The molecule has 0 fully saturated rings. The standard InChI is InChI=1S/C16H14N2O/c1-11-6-8-13(17)15(10-11)19-16-9-7-12-4-2-3-5-14(12)18-16/h2-10H,17H2,1H3. The molecule has 3 heteroatoms. The SMILES string of the molecule is Cc1ccc(N)c(Oc2ccc3ccccc3n2)c1. The Morgan fingerprint density at radius 3 is 2.74 bits per heavy atom. The van der Waals surface area contributed by atoms with E-state index in [4.69, 9.17) is 10.5 Å². The maximum Gasteiger partial charge on any atom is 0.219 e. The second-order valence-electron chi connectivity index (χ2n) is 4.49. The lowest BCUT2D eigenvalue weighted by atomic mass is 10.2. The number of anilines is 1. The summed E-state index contributed by atoms with van der Waals surface area (Å²) in [7, 11) is 0. The number of hydrogen-bond donors (Lipinski definition) is 1. The first-order chi connectivity index (χ1) is 9.22. The zero-order valence-corrected chi connectivity index (χ0v) is 10.6.